The van der Waals surface area contributed by atoms with Gasteiger partial charge in [-0.05, 0) is 42.0 Å². The van der Waals surface area contributed by atoms with Gasteiger partial charge in [0, 0.05) is 24.6 Å². The summed E-state index contributed by atoms with van der Waals surface area (Å²) in [5.41, 5.74) is 0.698. The summed E-state index contributed by atoms with van der Waals surface area (Å²) in [6.07, 6.45) is 3.43. The average Bonchev–Trinajstić information content (AvgIpc) is 3.20. The second kappa shape index (κ2) is 8.52. The minimum Gasteiger partial charge on any atom is -0.476 e. The molecular formula is C21H15ClFN5O4. The molecule has 0 aliphatic rings. The molecular weight excluding hydrogens is 441 g/mol. The Bertz CT molecular complexity index is 1420. The first-order valence-electron chi connectivity index (χ1n) is 9.25. The van der Waals surface area contributed by atoms with Crippen LogP contribution in [0.25, 0.3) is 16.7 Å². The standard InChI is InChI=1S/C21H15ClFN5O4/c22-14-7-15-16(26-18(20(30)31)19(29)27-15)8-17(14)28-5-4-11(10-28)9-24-21(32)25-13-3-1-2-12(23)6-13/h1-8,10H,9H2,(H,27,29)(H,30,31)(H2,24,25,32). The van der Waals surface area contributed by atoms with Gasteiger partial charge in [-0.15, -0.1) is 0 Å². The number of rotatable bonds is 5. The second-order valence-corrected chi connectivity index (χ2v) is 7.19. The first-order chi connectivity index (χ1) is 15.3. The van der Waals surface area contributed by atoms with Crippen LogP contribution < -0.4 is 16.2 Å². The van der Waals surface area contributed by atoms with Gasteiger partial charge in [0.1, 0.15) is 5.82 Å². The van der Waals surface area contributed by atoms with Gasteiger partial charge in [0.05, 0.1) is 21.7 Å². The number of hydrogen-bond acceptors (Lipinski definition) is 4. The number of aromatic amines is 1. The van der Waals surface area contributed by atoms with Crippen molar-refractivity contribution in [3.05, 3.63) is 87.3 Å². The van der Waals surface area contributed by atoms with Crippen LogP contribution in [0.3, 0.4) is 0 Å². The molecule has 0 atom stereocenters. The molecule has 0 spiro atoms. The van der Waals surface area contributed by atoms with E-state index < -0.39 is 29.1 Å². The third-order valence-electron chi connectivity index (χ3n) is 4.53. The lowest BCUT2D eigenvalue weighted by molar-refractivity contribution is 0.0689. The zero-order valence-corrected chi connectivity index (χ0v) is 17.0. The maximum atomic E-state index is 13.2. The normalized spacial score (nSPS) is 10.8. The van der Waals surface area contributed by atoms with Crippen molar-refractivity contribution in [2.24, 2.45) is 0 Å². The molecule has 2 aromatic heterocycles. The molecule has 0 aliphatic heterocycles. The van der Waals surface area contributed by atoms with Crippen LogP contribution in [0.2, 0.25) is 5.02 Å². The summed E-state index contributed by atoms with van der Waals surface area (Å²) in [6, 6.07) is 9.83. The van der Waals surface area contributed by atoms with Crippen molar-refractivity contribution in [2.45, 2.75) is 6.54 Å². The highest BCUT2D eigenvalue weighted by Crippen LogP contribution is 2.25. The maximum absolute atomic E-state index is 13.2. The SMILES string of the molecule is O=C(NCc1ccn(-c2cc3nc(C(=O)O)c(=O)[nH]c3cc2Cl)c1)Nc1cccc(F)c1. The number of carbonyl (C=O) groups excluding carboxylic acids is 1. The van der Waals surface area contributed by atoms with Crippen molar-refractivity contribution >= 4 is 40.3 Å². The number of halogens is 2. The summed E-state index contributed by atoms with van der Waals surface area (Å²) in [6.45, 7) is 0.189. The predicted octanol–water partition coefficient (Wildman–Crippen LogP) is 3.53. The molecule has 162 valence electrons. The molecule has 4 rings (SSSR count). The zero-order chi connectivity index (χ0) is 22.8. The Morgan fingerprint density at radius 3 is 2.78 bits per heavy atom. The number of nitrogens with zero attached hydrogens (tertiary/aromatic N) is 2. The van der Waals surface area contributed by atoms with Crippen LogP contribution in [0, 0.1) is 5.82 Å². The van der Waals surface area contributed by atoms with E-state index in [9.17, 15) is 18.8 Å². The van der Waals surface area contributed by atoms with Crippen molar-refractivity contribution in [3.63, 3.8) is 0 Å². The fourth-order valence-electron chi connectivity index (χ4n) is 3.06. The number of amides is 2. The third-order valence-corrected chi connectivity index (χ3v) is 4.83. The van der Waals surface area contributed by atoms with Gasteiger partial charge in [-0.2, -0.15) is 0 Å². The lowest BCUT2D eigenvalue weighted by Crippen LogP contribution is -2.28. The Hall–Kier alpha value is -4.18. The number of carbonyl (C=O) groups is 2. The lowest BCUT2D eigenvalue weighted by Gasteiger charge is -2.09. The minimum absolute atomic E-state index is 0.189. The molecule has 4 N–H and O–H groups in total. The molecule has 2 heterocycles. The lowest BCUT2D eigenvalue weighted by atomic mass is 10.2. The Morgan fingerprint density at radius 2 is 2.03 bits per heavy atom. The van der Waals surface area contributed by atoms with E-state index in [0.29, 0.717) is 21.9 Å². The van der Waals surface area contributed by atoms with E-state index in [4.69, 9.17) is 16.7 Å². The monoisotopic (exact) mass is 455 g/mol. The van der Waals surface area contributed by atoms with E-state index >= 15 is 0 Å². The maximum Gasteiger partial charge on any atom is 0.360 e. The minimum atomic E-state index is -1.43. The van der Waals surface area contributed by atoms with Crippen molar-refractivity contribution in [2.75, 3.05) is 5.32 Å². The zero-order valence-electron chi connectivity index (χ0n) is 16.2. The summed E-state index contributed by atoms with van der Waals surface area (Å²) in [5.74, 6) is -1.89. The van der Waals surface area contributed by atoms with Crippen molar-refractivity contribution in [1.29, 1.82) is 0 Å². The molecule has 0 radical (unpaired) electrons. The van der Waals surface area contributed by atoms with Gasteiger partial charge in [-0.3, -0.25) is 4.79 Å². The highest BCUT2D eigenvalue weighted by Gasteiger charge is 2.14. The molecule has 4 aromatic rings. The molecule has 0 unspecified atom stereocenters. The number of benzene rings is 2. The number of anilines is 1. The van der Waals surface area contributed by atoms with Gasteiger partial charge in [0.2, 0.25) is 5.69 Å². The number of aromatic nitrogens is 3. The van der Waals surface area contributed by atoms with Crippen LogP contribution in [0.5, 0.6) is 0 Å². The van der Waals surface area contributed by atoms with Crippen molar-refractivity contribution in [1.82, 2.24) is 19.9 Å². The highest BCUT2D eigenvalue weighted by molar-refractivity contribution is 6.33. The molecule has 2 amide bonds. The third kappa shape index (κ3) is 4.44. The van der Waals surface area contributed by atoms with Crippen LogP contribution in [-0.2, 0) is 6.54 Å². The number of hydrogen-bond donors (Lipinski definition) is 4. The molecule has 0 fully saturated rings. The molecule has 11 heteroatoms. The number of carboxylic acid groups (broad SMARTS) is 1. The highest BCUT2D eigenvalue weighted by atomic mass is 35.5. The summed E-state index contributed by atoms with van der Waals surface area (Å²) in [5, 5.41) is 14.6. The van der Waals surface area contributed by atoms with E-state index in [1.807, 2.05) is 0 Å². The summed E-state index contributed by atoms with van der Waals surface area (Å²) >= 11 is 6.33. The molecule has 0 aliphatic carbocycles. The fourth-order valence-corrected chi connectivity index (χ4v) is 3.32. The number of carboxylic acids is 1. The Balaban J connectivity index is 1.52. The smallest absolute Gasteiger partial charge is 0.360 e. The Labute approximate surface area is 184 Å². The molecule has 9 nitrogen and oxygen atoms in total. The Morgan fingerprint density at radius 1 is 1.22 bits per heavy atom. The van der Waals surface area contributed by atoms with E-state index in [1.54, 1.807) is 35.2 Å². The quantitative estimate of drug-likeness (QED) is 0.366. The van der Waals surface area contributed by atoms with Crippen LogP contribution >= 0.6 is 11.6 Å². The van der Waals surface area contributed by atoms with Crippen LogP contribution in [0.15, 0.2) is 59.7 Å². The molecule has 0 saturated carbocycles. The van der Waals surface area contributed by atoms with Gasteiger partial charge in [-0.1, -0.05) is 17.7 Å². The van der Waals surface area contributed by atoms with Crippen molar-refractivity contribution < 1.29 is 19.1 Å². The average molecular weight is 456 g/mol. The van der Waals surface area contributed by atoms with Gasteiger partial charge >= 0.3 is 12.0 Å². The van der Waals surface area contributed by atoms with Crippen LogP contribution in [0.1, 0.15) is 16.1 Å². The van der Waals surface area contributed by atoms with Gasteiger partial charge in [0.25, 0.3) is 5.56 Å². The number of nitrogens with one attached hydrogen (secondary N) is 3. The Kier molecular flexibility index (Phi) is 5.61. The number of fused-ring (bicyclic) bond motifs is 1. The van der Waals surface area contributed by atoms with E-state index in [-0.39, 0.29) is 12.1 Å². The molecule has 0 saturated heterocycles. The first kappa shape index (κ1) is 21.1. The largest absolute Gasteiger partial charge is 0.476 e. The summed E-state index contributed by atoms with van der Waals surface area (Å²) in [4.78, 5) is 41.4. The van der Waals surface area contributed by atoms with Crippen LogP contribution in [-0.4, -0.2) is 31.6 Å². The number of urea groups is 1. The predicted molar refractivity (Wildman–Crippen MR) is 116 cm³/mol. The molecule has 0 bridgehead atoms. The fraction of sp³-hybridized carbons (Fsp3) is 0.0476. The molecule has 32 heavy (non-hydrogen) atoms. The topological polar surface area (TPSA) is 129 Å². The number of aromatic carboxylic acids is 1. The number of H-pyrrole nitrogens is 1. The van der Waals surface area contributed by atoms with E-state index in [1.165, 1.54) is 24.3 Å². The van der Waals surface area contributed by atoms with E-state index in [2.05, 4.69) is 20.6 Å². The second-order valence-electron chi connectivity index (χ2n) is 6.79. The van der Waals surface area contributed by atoms with Gasteiger partial charge in [-0.25, -0.2) is 19.0 Å². The summed E-state index contributed by atoms with van der Waals surface area (Å²) < 4.78 is 14.9. The van der Waals surface area contributed by atoms with Gasteiger partial charge < -0.3 is 25.3 Å². The van der Waals surface area contributed by atoms with E-state index in [0.717, 1.165) is 5.56 Å². The first-order valence-corrected chi connectivity index (χ1v) is 9.62. The van der Waals surface area contributed by atoms with Crippen LogP contribution in [0.4, 0.5) is 14.9 Å². The summed E-state index contributed by atoms with van der Waals surface area (Å²) in [7, 11) is 0. The van der Waals surface area contributed by atoms with Gasteiger partial charge in [0.15, 0.2) is 0 Å². The molecule has 2 aromatic carbocycles. The van der Waals surface area contributed by atoms with Crippen molar-refractivity contribution in [3.8, 4) is 5.69 Å².